The molecule has 0 aliphatic carbocycles. The van der Waals surface area contributed by atoms with Gasteiger partial charge in [-0.05, 0) is 5.56 Å². The molecular weight excluding hydrogens is 272 g/mol. The molecule has 0 aromatic heterocycles. The monoisotopic (exact) mass is 292 g/mol. The molecule has 2 atom stereocenters. The molecule has 2 rings (SSSR count). The van der Waals surface area contributed by atoms with Crippen LogP contribution in [0, 0.1) is 0 Å². The van der Waals surface area contributed by atoms with Crippen LogP contribution in [0.25, 0.3) is 0 Å². The standard InChI is InChI=1S/C15H20N2O4/c1-16-14(18)13-8-12(20-2)9-17(13)15(19)21-10-11-6-4-3-5-7-11/h3-7,12-13H,8-10H2,1-2H3,(H,16,18)/t12-,13+/m1/s1. The van der Waals surface area contributed by atoms with Gasteiger partial charge in [0.1, 0.15) is 12.6 Å². The van der Waals surface area contributed by atoms with E-state index in [2.05, 4.69) is 5.32 Å². The summed E-state index contributed by atoms with van der Waals surface area (Å²) < 4.78 is 10.5. The number of methoxy groups -OCH3 is 1. The fraction of sp³-hybridized carbons (Fsp3) is 0.467. The van der Waals surface area contributed by atoms with E-state index in [-0.39, 0.29) is 18.6 Å². The predicted molar refractivity (Wildman–Crippen MR) is 76.6 cm³/mol. The van der Waals surface area contributed by atoms with Gasteiger partial charge in [-0.25, -0.2) is 4.79 Å². The van der Waals surface area contributed by atoms with E-state index in [0.29, 0.717) is 13.0 Å². The third kappa shape index (κ3) is 3.72. The average Bonchev–Trinajstić information content (AvgIpc) is 2.97. The van der Waals surface area contributed by atoms with Crippen molar-refractivity contribution in [2.24, 2.45) is 0 Å². The van der Waals surface area contributed by atoms with Crippen LogP contribution in [0.2, 0.25) is 0 Å². The van der Waals surface area contributed by atoms with Gasteiger partial charge in [0.2, 0.25) is 5.91 Å². The third-order valence-electron chi connectivity index (χ3n) is 3.58. The first-order chi connectivity index (χ1) is 10.2. The number of hydrogen-bond donors (Lipinski definition) is 1. The van der Waals surface area contributed by atoms with E-state index in [9.17, 15) is 9.59 Å². The maximum absolute atomic E-state index is 12.2. The highest BCUT2D eigenvalue weighted by molar-refractivity contribution is 5.86. The van der Waals surface area contributed by atoms with Crippen molar-refractivity contribution in [3.8, 4) is 0 Å². The van der Waals surface area contributed by atoms with Crippen LogP contribution in [0.5, 0.6) is 0 Å². The van der Waals surface area contributed by atoms with Crippen molar-refractivity contribution in [1.29, 1.82) is 0 Å². The Balaban J connectivity index is 1.97. The van der Waals surface area contributed by atoms with Gasteiger partial charge in [0.25, 0.3) is 0 Å². The molecule has 0 radical (unpaired) electrons. The number of likely N-dealkylation sites (N-methyl/N-ethyl adjacent to an activating group) is 1. The Morgan fingerprint density at radius 1 is 1.33 bits per heavy atom. The van der Waals surface area contributed by atoms with Crippen LogP contribution in [0.3, 0.4) is 0 Å². The molecular formula is C15H20N2O4. The van der Waals surface area contributed by atoms with Crippen LogP contribution < -0.4 is 5.32 Å². The van der Waals surface area contributed by atoms with Crippen molar-refractivity contribution < 1.29 is 19.1 Å². The Hall–Kier alpha value is -2.08. The quantitative estimate of drug-likeness (QED) is 0.904. The highest BCUT2D eigenvalue weighted by Crippen LogP contribution is 2.21. The van der Waals surface area contributed by atoms with Gasteiger partial charge in [-0.2, -0.15) is 0 Å². The molecule has 1 aliphatic heterocycles. The Bertz CT molecular complexity index is 492. The first-order valence-corrected chi connectivity index (χ1v) is 6.87. The van der Waals surface area contributed by atoms with Gasteiger partial charge < -0.3 is 14.8 Å². The molecule has 0 unspecified atom stereocenters. The summed E-state index contributed by atoms with van der Waals surface area (Å²) in [5, 5.41) is 2.57. The van der Waals surface area contributed by atoms with Gasteiger partial charge in [-0.15, -0.1) is 0 Å². The molecule has 1 saturated heterocycles. The van der Waals surface area contributed by atoms with Gasteiger partial charge in [0.05, 0.1) is 12.6 Å². The van der Waals surface area contributed by atoms with Gasteiger partial charge >= 0.3 is 6.09 Å². The number of nitrogens with zero attached hydrogens (tertiary/aromatic N) is 1. The van der Waals surface area contributed by atoms with Crippen LogP contribution in [0.4, 0.5) is 4.79 Å². The molecule has 0 saturated carbocycles. The van der Waals surface area contributed by atoms with Crippen molar-refractivity contribution >= 4 is 12.0 Å². The maximum atomic E-state index is 12.2. The zero-order valence-corrected chi connectivity index (χ0v) is 12.2. The van der Waals surface area contributed by atoms with Gasteiger partial charge in [0.15, 0.2) is 0 Å². The van der Waals surface area contributed by atoms with Crippen molar-refractivity contribution in [3.63, 3.8) is 0 Å². The summed E-state index contributed by atoms with van der Waals surface area (Å²) in [5.41, 5.74) is 0.907. The van der Waals surface area contributed by atoms with E-state index >= 15 is 0 Å². The number of carbonyl (C=O) groups excluding carboxylic acids is 2. The topological polar surface area (TPSA) is 67.9 Å². The number of hydrogen-bond acceptors (Lipinski definition) is 4. The Morgan fingerprint density at radius 3 is 2.67 bits per heavy atom. The molecule has 1 heterocycles. The summed E-state index contributed by atoms with van der Waals surface area (Å²) in [5.74, 6) is -0.203. The van der Waals surface area contributed by atoms with Crippen LogP contribution in [0.1, 0.15) is 12.0 Å². The molecule has 1 aromatic carbocycles. The first kappa shape index (κ1) is 15.3. The summed E-state index contributed by atoms with van der Waals surface area (Å²) in [6, 6.07) is 8.89. The van der Waals surface area contributed by atoms with E-state index in [1.807, 2.05) is 30.3 Å². The average molecular weight is 292 g/mol. The summed E-state index contributed by atoms with van der Waals surface area (Å²) in [7, 11) is 3.13. The Labute approximate surface area is 124 Å². The highest BCUT2D eigenvalue weighted by atomic mass is 16.6. The molecule has 6 heteroatoms. The molecule has 6 nitrogen and oxygen atoms in total. The number of likely N-dealkylation sites (tertiary alicyclic amines) is 1. The molecule has 1 fully saturated rings. The molecule has 1 aromatic rings. The van der Waals surface area contributed by atoms with Crippen molar-refractivity contribution in [2.45, 2.75) is 25.2 Å². The SMILES string of the molecule is CNC(=O)[C@@H]1C[C@@H](OC)CN1C(=O)OCc1ccccc1. The number of ether oxygens (including phenoxy) is 2. The lowest BCUT2D eigenvalue weighted by Crippen LogP contribution is -2.45. The Kier molecular flexibility index (Phi) is 5.16. The second-order valence-electron chi connectivity index (χ2n) is 4.92. The minimum absolute atomic E-state index is 0.142. The lowest BCUT2D eigenvalue weighted by atomic mass is 10.2. The maximum Gasteiger partial charge on any atom is 0.410 e. The molecule has 114 valence electrons. The van der Waals surface area contributed by atoms with E-state index in [1.54, 1.807) is 14.2 Å². The fourth-order valence-corrected chi connectivity index (χ4v) is 2.39. The predicted octanol–water partition coefficient (Wildman–Crippen LogP) is 1.16. The largest absolute Gasteiger partial charge is 0.445 e. The molecule has 0 spiro atoms. The number of carbonyl (C=O) groups is 2. The first-order valence-electron chi connectivity index (χ1n) is 6.87. The van der Waals surface area contributed by atoms with E-state index in [1.165, 1.54) is 4.90 Å². The van der Waals surface area contributed by atoms with Gasteiger partial charge in [-0.3, -0.25) is 9.69 Å². The van der Waals surface area contributed by atoms with Crippen LogP contribution in [0.15, 0.2) is 30.3 Å². The zero-order valence-electron chi connectivity index (χ0n) is 12.2. The van der Waals surface area contributed by atoms with E-state index in [4.69, 9.17) is 9.47 Å². The summed E-state index contributed by atoms with van der Waals surface area (Å²) in [6.45, 7) is 0.552. The minimum Gasteiger partial charge on any atom is -0.445 e. The van der Waals surface area contributed by atoms with E-state index < -0.39 is 12.1 Å². The number of nitrogens with one attached hydrogen (secondary N) is 1. The lowest BCUT2D eigenvalue weighted by molar-refractivity contribution is -0.124. The highest BCUT2D eigenvalue weighted by Gasteiger charge is 2.40. The van der Waals surface area contributed by atoms with Crippen LogP contribution in [-0.2, 0) is 20.9 Å². The van der Waals surface area contributed by atoms with Crippen LogP contribution >= 0.6 is 0 Å². The van der Waals surface area contributed by atoms with Gasteiger partial charge in [-0.1, -0.05) is 30.3 Å². The third-order valence-corrected chi connectivity index (χ3v) is 3.58. The summed E-state index contributed by atoms with van der Waals surface area (Å²) >= 11 is 0. The molecule has 0 bridgehead atoms. The normalized spacial score (nSPS) is 21.1. The van der Waals surface area contributed by atoms with Crippen molar-refractivity contribution in [2.75, 3.05) is 20.7 Å². The summed E-state index contributed by atoms with van der Waals surface area (Å²) in [4.78, 5) is 25.5. The van der Waals surface area contributed by atoms with Crippen molar-refractivity contribution in [3.05, 3.63) is 35.9 Å². The zero-order chi connectivity index (χ0) is 15.2. The minimum atomic E-state index is -0.539. The second kappa shape index (κ2) is 7.08. The molecule has 2 amide bonds. The smallest absolute Gasteiger partial charge is 0.410 e. The van der Waals surface area contributed by atoms with Gasteiger partial charge in [0, 0.05) is 20.6 Å². The molecule has 21 heavy (non-hydrogen) atoms. The fourth-order valence-electron chi connectivity index (χ4n) is 2.39. The lowest BCUT2D eigenvalue weighted by Gasteiger charge is -2.22. The molecule has 1 N–H and O–H groups in total. The number of amides is 2. The Morgan fingerprint density at radius 2 is 2.05 bits per heavy atom. The molecule has 1 aliphatic rings. The second-order valence-corrected chi connectivity index (χ2v) is 4.92. The number of rotatable bonds is 4. The van der Waals surface area contributed by atoms with E-state index in [0.717, 1.165) is 5.56 Å². The van der Waals surface area contributed by atoms with Crippen molar-refractivity contribution in [1.82, 2.24) is 10.2 Å². The van der Waals surface area contributed by atoms with Crippen LogP contribution in [-0.4, -0.2) is 49.7 Å². The summed E-state index contributed by atoms with van der Waals surface area (Å²) in [6.07, 6.45) is -0.153. The number of benzene rings is 1.